The summed E-state index contributed by atoms with van der Waals surface area (Å²) in [5, 5.41) is 8.71. The van der Waals surface area contributed by atoms with E-state index in [4.69, 9.17) is 5.26 Å². The Labute approximate surface area is 116 Å². The zero-order valence-electron chi connectivity index (χ0n) is 10.2. The highest BCUT2D eigenvalue weighted by Crippen LogP contribution is 2.35. The lowest BCUT2D eigenvalue weighted by molar-refractivity contribution is -0.274. The van der Waals surface area contributed by atoms with E-state index in [2.05, 4.69) is 4.74 Å². The van der Waals surface area contributed by atoms with E-state index in [0.717, 1.165) is 24.3 Å². The molecule has 0 unspecified atom stereocenters. The smallest absolute Gasteiger partial charge is 0.405 e. The standard InChI is InChI=1S/C14H6F5NO/c15-11-4-2-9(6-12(11)16)10-3-1-8(7-20)5-13(10)21-14(17,18)19/h1-6H. The average Bonchev–Trinajstić information content (AvgIpc) is 2.40. The maximum atomic E-state index is 13.2. The first-order valence-electron chi connectivity index (χ1n) is 5.55. The molecule has 2 nitrogen and oxygen atoms in total. The summed E-state index contributed by atoms with van der Waals surface area (Å²) in [6, 6.07) is 7.63. The van der Waals surface area contributed by atoms with Crippen molar-refractivity contribution in [1.82, 2.24) is 0 Å². The highest BCUT2D eigenvalue weighted by Gasteiger charge is 2.32. The molecule has 2 aromatic rings. The Hall–Kier alpha value is -2.62. The van der Waals surface area contributed by atoms with Crippen molar-refractivity contribution >= 4 is 0 Å². The molecule has 0 aliphatic heterocycles. The third kappa shape index (κ3) is 3.48. The molecule has 108 valence electrons. The van der Waals surface area contributed by atoms with Crippen molar-refractivity contribution in [2.75, 3.05) is 0 Å². The van der Waals surface area contributed by atoms with Crippen molar-refractivity contribution in [2.45, 2.75) is 6.36 Å². The first-order valence-corrected chi connectivity index (χ1v) is 5.55. The van der Waals surface area contributed by atoms with Crippen molar-refractivity contribution < 1.29 is 26.7 Å². The molecule has 0 amide bonds. The Balaban J connectivity index is 2.56. The van der Waals surface area contributed by atoms with Gasteiger partial charge in [0, 0.05) is 5.56 Å². The largest absolute Gasteiger partial charge is 0.573 e. The summed E-state index contributed by atoms with van der Waals surface area (Å²) >= 11 is 0. The van der Waals surface area contributed by atoms with Crippen molar-refractivity contribution in [3.63, 3.8) is 0 Å². The number of hydrogen-bond donors (Lipinski definition) is 0. The van der Waals surface area contributed by atoms with Gasteiger partial charge in [0.1, 0.15) is 5.75 Å². The predicted molar refractivity (Wildman–Crippen MR) is 63.2 cm³/mol. The van der Waals surface area contributed by atoms with E-state index < -0.39 is 23.7 Å². The lowest BCUT2D eigenvalue weighted by atomic mass is 10.0. The fraction of sp³-hybridized carbons (Fsp3) is 0.0714. The fourth-order valence-corrected chi connectivity index (χ4v) is 1.70. The number of rotatable bonds is 2. The van der Waals surface area contributed by atoms with Gasteiger partial charge in [0.15, 0.2) is 11.6 Å². The molecular weight excluding hydrogens is 293 g/mol. The minimum Gasteiger partial charge on any atom is -0.405 e. The number of benzene rings is 2. The van der Waals surface area contributed by atoms with E-state index in [1.807, 2.05) is 0 Å². The van der Waals surface area contributed by atoms with Crippen LogP contribution in [0.25, 0.3) is 11.1 Å². The summed E-state index contributed by atoms with van der Waals surface area (Å²) in [4.78, 5) is 0. The molecule has 0 N–H and O–H groups in total. The summed E-state index contributed by atoms with van der Waals surface area (Å²) in [7, 11) is 0. The molecule has 0 spiro atoms. The average molecular weight is 299 g/mol. The maximum absolute atomic E-state index is 13.2. The van der Waals surface area contributed by atoms with Crippen LogP contribution >= 0.6 is 0 Å². The Bertz CT molecular complexity index is 718. The molecule has 2 aromatic carbocycles. The van der Waals surface area contributed by atoms with E-state index in [1.165, 1.54) is 12.1 Å². The zero-order valence-corrected chi connectivity index (χ0v) is 10.2. The second-order valence-corrected chi connectivity index (χ2v) is 4.00. The zero-order chi connectivity index (χ0) is 15.6. The van der Waals surface area contributed by atoms with Crippen LogP contribution in [0.4, 0.5) is 22.0 Å². The van der Waals surface area contributed by atoms with Crippen LogP contribution in [-0.4, -0.2) is 6.36 Å². The van der Waals surface area contributed by atoms with Crippen LogP contribution in [0, 0.1) is 23.0 Å². The second kappa shape index (κ2) is 5.40. The molecule has 0 atom stereocenters. The molecule has 0 saturated carbocycles. The second-order valence-electron chi connectivity index (χ2n) is 4.00. The van der Waals surface area contributed by atoms with Crippen molar-refractivity contribution in [1.29, 1.82) is 5.26 Å². The molecule has 0 saturated heterocycles. The minimum atomic E-state index is -4.97. The summed E-state index contributed by atoms with van der Waals surface area (Å²) in [6.07, 6.45) is -4.97. The van der Waals surface area contributed by atoms with Crippen molar-refractivity contribution in [2.24, 2.45) is 0 Å². The molecule has 7 heteroatoms. The van der Waals surface area contributed by atoms with Gasteiger partial charge in [-0.2, -0.15) is 5.26 Å². The number of hydrogen-bond acceptors (Lipinski definition) is 2. The highest BCUT2D eigenvalue weighted by atomic mass is 19.4. The summed E-state index contributed by atoms with van der Waals surface area (Å²) in [5.74, 6) is -2.98. The van der Waals surface area contributed by atoms with Crippen LogP contribution in [0.2, 0.25) is 0 Å². The monoisotopic (exact) mass is 299 g/mol. The molecule has 0 aromatic heterocycles. The summed E-state index contributed by atoms with van der Waals surface area (Å²) in [6.45, 7) is 0. The molecule has 2 rings (SSSR count). The maximum Gasteiger partial charge on any atom is 0.573 e. The summed E-state index contributed by atoms with van der Waals surface area (Å²) in [5.41, 5.74) is -0.163. The SMILES string of the molecule is N#Cc1ccc(-c2ccc(F)c(F)c2)c(OC(F)(F)F)c1. The topological polar surface area (TPSA) is 33.0 Å². The van der Waals surface area contributed by atoms with E-state index in [1.54, 1.807) is 6.07 Å². The predicted octanol–water partition coefficient (Wildman–Crippen LogP) is 4.40. The molecule has 0 bridgehead atoms. The number of nitrogens with zero attached hydrogens (tertiary/aromatic N) is 1. The third-order valence-electron chi connectivity index (χ3n) is 2.57. The van der Waals surface area contributed by atoms with Crippen LogP contribution in [0.5, 0.6) is 5.75 Å². The normalized spacial score (nSPS) is 11.0. The lowest BCUT2D eigenvalue weighted by Gasteiger charge is -2.14. The molecule has 0 fully saturated rings. The first kappa shape index (κ1) is 14.8. The molecule has 0 aliphatic rings. The quantitative estimate of drug-likeness (QED) is 0.770. The number of ether oxygens (including phenoxy) is 1. The van der Waals surface area contributed by atoms with Gasteiger partial charge in [-0.25, -0.2) is 8.78 Å². The highest BCUT2D eigenvalue weighted by molar-refractivity contribution is 5.71. The fourth-order valence-electron chi connectivity index (χ4n) is 1.70. The molecule has 0 aliphatic carbocycles. The third-order valence-corrected chi connectivity index (χ3v) is 2.57. The number of alkyl halides is 3. The molecule has 21 heavy (non-hydrogen) atoms. The Morgan fingerprint density at radius 2 is 1.67 bits per heavy atom. The van der Waals surface area contributed by atoms with Crippen molar-refractivity contribution in [3.8, 4) is 22.9 Å². The van der Waals surface area contributed by atoms with Gasteiger partial charge in [0.25, 0.3) is 0 Å². The van der Waals surface area contributed by atoms with E-state index in [9.17, 15) is 22.0 Å². The molecule has 0 heterocycles. The van der Waals surface area contributed by atoms with E-state index in [-0.39, 0.29) is 16.7 Å². The lowest BCUT2D eigenvalue weighted by Crippen LogP contribution is -2.17. The van der Waals surface area contributed by atoms with Crippen LogP contribution < -0.4 is 4.74 Å². The van der Waals surface area contributed by atoms with Gasteiger partial charge in [-0.15, -0.1) is 13.2 Å². The number of nitriles is 1. The van der Waals surface area contributed by atoms with Gasteiger partial charge in [0.05, 0.1) is 11.6 Å². The Morgan fingerprint density at radius 1 is 0.952 bits per heavy atom. The molecule has 0 radical (unpaired) electrons. The van der Waals surface area contributed by atoms with Crippen molar-refractivity contribution in [3.05, 3.63) is 53.6 Å². The van der Waals surface area contributed by atoms with Gasteiger partial charge in [0.2, 0.25) is 0 Å². The Morgan fingerprint density at radius 3 is 2.24 bits per heavy atom. The first-order chi connectivity index (χ1) is 9.80. The van der Waals surface area contributed by atoms with Gasteiger partial charge in [-0.05, 0) is 35.9 Å². The van der Waals surface area contributed by atoms with Crippen LogP contribution in [0.15, 0.2) is 36.4 Å². The number of halogens is 5. The van der Waals surface area contributed by atoms with Crippen LogP contribution in [-0.2, 0) is 0 Å². The van der Waals surface area contributed by atoms with Gasteiger partial charge in [-0.1, -0.05) is 6.07 Å². The van der Waals surface area contributed by atoms with Gasteiger partial charge >= 0.3 is 6.36 Å². The van der Waals surface area contributed by atoms with Crippen LogP contribution in [0.3, 0.4) is 0 Å². The van der Waals surface area contributed by atoms with Crippen LogP contribution in [0.1, 0.15) is 5.56 Å². The molecular formula is C14H6F5NO. The Kier molecular flexibility index (Phi) is 3.80. The van der Waals surface area contributed by atoms with Gasteiger partial charge in [-0.3, -0.25) is 0 Å². The minimum absolute atomic E-state index is 0.00219. The van der Waals surface area contributed by atoms with Gasteiger partial charge < -0.3 is 4.74 Å². The van der Waals surface area contributed by atoms with E-state index in [0.29, 0.717) is 0 Å². The summed E-state index contributed by atoms with van der Waals surface area (Å²) < 4.78 is 67.0. The van der Waals surface area contributed by atoms with E-state index >= 15 is 0 Å².